The van der Waals surface area contributed by atoms with Crippen LogP contribution in [0.15, 0.2) is 18.2 Å². The average Bonchev–Trinajstić information content (AvgIpc) is 2.50. The van der Waals surface area contributed by atoms with Gasteiger partial charge in [0, 0.05) is 33.6 Å². The number of para-hydroxylation sites is 1. The van der Waals surface area contributed by atoms with Gasteiger partial charge in [0.25, 0.3) is 5.91 Å². The van der Waals surface area contributed by atoms with Gasteiger partial charge in [-0.25, -0.2) is 0 Å². The summed E-state index contributed by atoms with van der Waals surface area (Å²) in [5.41, 5.74) is 2.85. The van der Waals surface area contributed by atoms with E-state index in [4.69, 9.17) is 0 Å². The van der Waals surface area contributed by atoms with Crippen LogP contribution in [0.4, 0.5) is 5.69 Å². The normalized spacial score (nSPS) is 13.1. The molecule has 5 nitrogen and oxygen atoms in total. The summed E-state index contributed by atoms with van der Waals surface area (Å²) in [6.07, 6.45) is 2.42. The summed E-state index contributed by atoms with van der Waals surface area (Å²) in [7, 11) is 3.33. The molecule has 5 heteroatoms. The monoisotopic (exact) mass is 275 g/mol. The number of nitrogens with one attached hydrogen (secondary N) is 2. The standard InChI is InChI=1S/C15H21N3O2/c1-16-13(19)8-10-18(2)15(20)12-7-3-5-11-6-4-9-17-14(11)12/h3,5,7,17H,4,6,8-10H2,1-2H3,(H,16,19). The first-order chi connectivity index (χ1) is 9.63. The third-order valence-corrected chi connectivity index (χ3v) is 3.61. The fourth-order valence-corrected chi connectivity index (χ4v) is 2.39. The van der Waals surface area contributed by atoms with E-state index >= 15 is 0 Å². The van der Waals surface area contributed by atoms with Crippen molar-refractivity contribution < 1.29 is 9.59 Å². The van der Waals surface area contributed by atoms with Gasteiger partial charge in [0.2, 0.25) is 5.91 Å². The Morgan fingerprint density at radius 3 is 2.95 bits per heavy atom. The van der Waals surface area contributed by atoms with Gasteiger partial charge < -0.3 is 15.5 Å². The second kappa shape index (κ2) is 6.41. The number of carbonyl (C=O) groups excluding carboxylic acids is 2. The summed E-state index contributed by atoms with van der Waals surface area (Å²) >= 11 is 0. The molecule has 0 unspecified atom stereocenters. The van der Waals surface area contributed by atoms with Crippen molar-refractivity contribution in [2.24, 2.45) is 0 Å². The van der Waals surface area contributed by atoms with E-state index in [-0.39, 0.29) is 11.8 Å². The molecule has 108 valence electrons. The van der Waals surface area contributed by atoms with E-state index in [0.29, 0.717) is 18.5 Å². The van der Waals surface area contributed by atoms with Crippen LogP contribution < -0.4 is 10.6 Å². The molecule has 20 heavy (non-hydrogen) atoms. The summed E-state index contributed by atoms with van der Waals surface area (Å²) in [4.78, 5) is 25.3. The van der Waals surface area contributed by atoms with Crippen molar-refractivity contribution in [2.75, 3.05) is 32.5 Å². The summed E-state index contributed by atoms with van der Waals surface area (Å²) in [5.74, 6) is -0.0991. The fraction of sp³-hybridized carbons (Fsp3) is 0.467. The van der Waals surface area contributed by atoms with Crippen LogP contribution in [0.2, 0.25) is 0 Å². The van der Waals surface area contributed by atoms with E-state index < -0.39 is 0 Å². The van der Waals surface area contributed by atoms with Gasteiger partial charge in [-0.3, -0.25) is 9.59 Å². The highest BCUT2D eigenvalue weighted by Crippen LogP contribution is 2.26. The second-order valence-corrected chi connectivity index (χ2v) is 5.02. The average molecular weight is 275 g/mol. The van der Waals surface area contributed by atoms with Crippen LogP contribution in [-0.4, -0.2) is 43.9 Å². The molecular weight excluding hydrogens is 254 g/mol. The van der Waals surface area contributed by atoms with E-state index in [9.17, 15) is 9.59 Å². The minimum Gasteiger partial charge on any atom is -0.384 e. The highest BCUT2D eigenvalue weighted by Gasteiger charge is 2.20. The van der Waals surface area contributed by atoms with Crippen LogP contribution in [0.3, 0.4) is 0 Å². The molecule has 1 heterocycles. The van der Waals surface area contributed by atoms with Crippen molar-refractivity contribution >= 4 is 17.5 Å². The lowest BCUT2D eigenvalue weighted by atomic mass is 9.99. The third kappa shape index (κ3) is 3.10. The Kier molecular flexibility index (Phi) is 4.61. The Bertz CT molecular complexity index is 514. The molecule has 0 aliphatic carbocycles. The number of fused-ring (bicyclic) bond motifs is 1. The maximum Gasteiger partial charge on any atom is 0.255 e. The van der Waals surface area contributed by atoms with Crippen LogP contribution in [-0.2, 0) is 11.2 Å². The third-order valence-electron chi connectivity index (χ3n) is 3.61. The van der Waals surface area contributed by atoms with Crippen LogP contribution in [0.25, 0.3) is 0 Å². The van der Waals surface area contributed by atoms with Gasteiger partial charge in [0.1, 0.15) is 0 Å². The van der Waals surface area contributed by atoms with Gasteiger partial charge in [0.05, 0.1) is 11.3 Å². The predicted molar refractivity (Wildman–Crippen MR) is 78.9 cm³/mol. The molecule has 0 bridgehead atoms. The molecule has 0 aromatic heterocycles. The zero-order valence-electron chi connectivity index (χ0n) is 12.0. The molecule has 2 amide bonds. The van der Waals surface area contributed by atoms with Gasteiger partial charge >= 0.3 is 0 Å². The highest BCUT2D eigenvalue weighted by molar-refractivity contribution is 6.00. The van der Waals surface area contributed by atoms with Gasteiger partial charge in [-0.15, -0.1) is 0 Å². The molecular formula is C15H21N3O2. The first-order valence-electron chi connectivity index (χ1n) is 6.95. The Balaban J connectivity index is 2.11. The zero-order chi connectivity index (χ0) is 14.5. The Morgan fingerprint density at radius 2 is 2.20 bits per heavy atom. The van der Waals surface area contributed by atoms with Crippen molar-refractivity contribution in [2.45, 2.75) is 19.3 Å². The van der Waals surface area contributed by atoms with Crippen molar-refractivity contribution in [3.63, 3.8) is 0 Å². The van der Waals surface area contributed by atoms with Crippen molar-refractivity contribution in [1.29, 1.82) is 0 Å². The van der Waals surface area contributed by atoms with E-state index in [1.165, 1.54) is 5.56 Å². The molecule has 0 saturated carbocycles. The maximum atomic E-state index is 12.5. The first kappa shape index (κ1) is 14.4. The first-order valence-corrected chi connectivity index (χ1v) is 6.95. The molecule has 1 aromatic rings. The minimum absolute atomic E-state index is 0.0415. The van der Waals surface area contributed by atoms with E-state index in [2.05, 4.69) is 16.7 Å². The Hall–Kier alpha value is -2.04. The molecule has 1 aliphatic heterocycles. The van der Waals surface area contributed by atoms with E-state index in [0.717, 1.165) is 25.1 Å². The second-order valence-electron chi connectivity index (χ2n) is 5.02. The molecule has 0 fully saturated rings. The van der Waals surface area contributed by atoms with E-state index in [1.54, 1.807) is 19.0 Å². The molecule has 1 aliphatic rings. The highest BCUT2D eigenvalue weighted by atomic mass is 16.2. The molecule has 0 radical (unpaired) electrons. The van der Waals surface area contributed by atoms with Crippen molar-refractivity contribution in [1.82, 2.24) is 10.2 Å². The van der Waals surface area contributed by atoms with Crippen molar-refractivity contribution in [3.05, 3.63) is 29.3 Å². The lowest BCUT2D eigenvalue weighted by molar-refractivity contribution is -0.120. The number of aryl methyl sites for hydroxylation is 1. The smallest absolute Gasteiger partial charge is 0.255 e. The summed E-state index contributed by atoms with van der Waals surface area (Å²) in [6, 6.07) is 5.82. The lowest BCUT2D eigenvalue weighted by Crippen LogP contribution is -2.32. The number of amides is 2. The maximum absolute atomic E-state index is 12.5. The molecule has 2 rings (SSSR count). The lowest BCUT2D eigenvalue weighted by Gasteiger charge is -2.23. The number of benzene rings is 1. The molecule has 1 aromatic carbocycles. The zero-order valence-corrected chi connectivity index (χ0v) is 12.0. The van der Waals surface area contributed by atoms with Crippen LogP contribution >= 0.6 is 0 Å². The van der Waals surface area contributed by atoms with Crippen molar-refractivity contribution in [3.8, 4) is 0 Å². The summed E-state index contributed by atoms with van der Waals surface area (Å²) in [5, 5.41) is 5.88. The Morgan fingerprint density at radius 1 is 1.40 bits per heavy atom. The molecule has 0 atom stereocenters. The summed E-state index contributed by atoms with van der Waals surface area (Å²) < 4.78 is 0. The van der Waals surface area contributed by atoms with Crippen LogP contribution in [0.1, 0.15) is 28.8 Å². The molecule has 2 N–H and O–H groups in total. The largest absolute Gasteiger partial charge is 0.384 e. The molecule has 0 saturated heterocycles. The number of nitrogens with zero attached hydrogens (tertiary/aromatic N) is 1. The van der Waals surface area contributed by atoms with Gasteiger partial charge in [0.15, 0.2) is 0 Å². The minimum atomic E-state index is -0.0575. The van der Waals surface area contributed by atoms with Crippen LogP contribution in [0, 0.1) is 0 Å². The van der Waals surface area contributed by atoms with Gasteiger partial charge in [-0.1, -0.05) is 12.1 Å². The van der Waals surface area contributed by atoms with Crippen LogP contribution in [0.5, 0.6) is 0 Å². The van der Waals surface area contributed by atoms with Gasteiger partial charge in [-0.05, 0) is 24.5 Å². The Labute approximate surface area is 119 Å². The number of carbonyl (C=O) groups is 2. The molecule has 0 spiro atoms. The number of hydrogen-bond acceptors (Lipinski definition) is 3. The number of anilines is 1. The summed E-state index contributed by atoms with van der Waals surface area (Å²) in [6.45, 7) is 1.32. The van der Waals surface area contributed by atoms with Gasteiger partial charge in [-0.2, -0.15) is 0 Å². The SMILES string of the molecule is CNC(=O)CCN(C)C(=O)c1cccc2c1NCCC2. The number of rotatable bonds is 4. The number of hydrogen-bond donors (Lipinski definition) is 2. The predicted octanol–water partition coefficient (Wildman–Crippen LogP) is 1.25. The topological polar surface area (TPSA) is 61.4 Å². The fourth-order valence-electron chi connectivity index (χ4n) is 2.39. The quantitative estimate of drug-likeness (QED) is 0.869. The van der Waals surface area contributed by atoms with E-state index in [1.807, 2.05) is 12.1 Å².